The third-order valence-electron chi connectivity index (χ3n) is 2.91. The Hall–Kier alpha value is -1.83. The van der Waals surface area contributed by atoms with Crippen molar-refractivity contribution in [3.63, 3.8) is 0 Å². The summed E-state index contributed by atoms with van der Waals surface area (Å²) in [6.45, 7) is 1.83. The van der Waals surface area contributed by atoms with Crippen LogP contribution < -0.4 is 10.7 Å². The van der Waals surface area contributed by atoms with E-state index in [-0.39, 0.29) is 0 Å². The maximum absolute atomic E-state index is 4.58. The minimum Gasteiger partial charge on any atom is -0.328 e. The number of hydrogen-bond acceptors (Lipinski definition) is 1. The predicted octanol–water partition coefficient (Wildman–Crippen LogP) is 1.34. The molecule has 0 radical (unpaired) electrons. The van der Waals surface area contributed by atoms with Crippen LogP contribution in [-0.4, -0.2) is 11.1 Å². The monoisotopic (exact) mass is 210 g/mol. The Morgan fingerprint density at radius 2 is 2.00 bits per heavy atom. The van der Waals surface area contributed by atoms with E-state index in [0.717, 1.165) is 25.0 Å². The quantitative estimate of drug-likeness (QED) is 0.712. The maximum atomic E-state index is 4.58. The van der Waals surface area contributed by atoms with Gasteiger partial charge in [0.15, 0.2) is 0 Å². The number of rotatable bonds is 2. The number of aromatic nitrogens is 1. The normalized spacial score (nSPS) is 13.8. The molecule has 0 aliphatic carbocycles. The molecule has 0 fully saturated rings. The molecule has 2 nitrogen and oxygen atoms in total. The molecule has 2 heterocycles. The van der Waals surface area contributed by atoms with Crippen molar-refractivity contribution in [1.82, 2.24) is 4.57 Å². The van der Waals surface area contributed by atoms with E-state index in [1.54, 1.807) is 0 Å². The van der Waals surface area contributed by atoms with Crippen LogP contribution in [0.15, 0.2) is 47.6 Å². The summed E-state index contributed by atoms with van der Waals surface area (Å²) in [5.41, 5.74) is 2.46. The van der Waals surface area contributed by atoms with Crippen molar-refractivity contribution in [2.45, 2.75) is 13.0 Å². The van der Waals surface area contributed by atoms with Crippen molar-refractivity contribution >= 4 is 6.08 Å². The molecule has 1 aliphatic rings. The van der Waals surface area contributed by atoms with E-state index >= 15 is 0 Å². The first-order valence-electron chi connectivity index (χ1n) is 5.67. The van der Waals surface area contributed by atoms with Crippen LogP contribution in [0, 0.1) is 0 Å². The fourth-order valence-electron chi connectivity index (χ4n) is 2.12. The fourth-order valence-corrected chi connectivity index (χ4v) is 2.12. The molecule has 16 heavy (non-hydrogen) atoms. The molecular formula is C14H14N2. The molecule has 0 bridgehead atoms. The van der Waals surface area contributed by atoms with Crippen LogP contribution in [0.4, 0.5) is 0 Å². The molecule has 2 aromatic rings. The van der Waals surface area contributed by atoms with Crippen LogP contribution in [0.25, 0.3) is 6.08 Å². The lowest BCUT2D eigenvalue weighted by Crippen LogP contribution is -2.32. The van der Waals surface area contributed by atoms with E-state index in [4.69, 9.17) is 0 Å². The highest BCUT2D eigenvalue weighted by Crippen LogP contribution is 2.00. The van der Waals surface area contributed by atoms with Crippen LogP contribution in [-0.2, 0) is 6.54 Å². The van der Waals surface area contributed by atoms with Gasteiger partial charge < -0.3 is 4.57 Å². The van der Waals surface area contributed by atoms with E-state index in [0.29, 0.717) is 0 Å². The molecule has 1 aliphatic heterocycles. The van der Waals surface area contributed by atoms with Gasteiger partial charge in [0.25, 0.3) is 0 Å². The van der Waals surface area contributed by atoms with Gasteiger partial charge in [-0.2, -0.15) is 0 Å². The number of nitrogens with zero attached hydrogens (tertiary/aromatic N) is 2. The Morgan fingerprint density at radius 3 is 2.88 bits per heavy atom. The van der Waals surface area contributed by atoms with Crippen molar-refractivity contribution in [2.75, 3.05) is 6.54 Å². The topological polar surface area (TPSA) is 17.3 Å². The first-order chi connectivity index (χ1) is 7.93. The number of hydrogen-bond donors (Lipinski definition) is 0. The first-order valence-corrected chi connectivity index (χ1v) is 5.67. The van der Waals surface area contributed by atoms with Crippen LogP contribution in [0.5, 0.6) is 0 Å². The highest BCUT2D eigenvalue weighted by atomic mass is 15.0. The summed E-state index contributed by atoms with van der Waals surface area (Å²) in [5, 5.41) is 1.28. The second-order valence-corrected chi connectivity index (χ2v) is 4.08. The molecule has 1 aromatic heterocycles. The standard InChI is InChI=1S/C14H14N2/c1-2-5-12(6-3-1)11-16-10-8-13-7-4-9-15-14(13)16/h1-3,5-8,10H,4,9,11H2. The van der Waals surface area contributed by atoms with Crippen LogP contribution in [0.3, 0.4) is 0 Å². The lowest BCUT2D eigenvalue weighted by molar-refractivity contribution is 0.735. The summed E-state index contributed by atoms with van der Waals surface area (Å²) < 4.78 is 2.22. The van der Waals surface area contributed by atoms with Crippen LogP contribution in [0.2, 0.25) is 0 Å². The van der Waals surface area contributed by atoms with Gasteiger partial charge in [0.1, 0.15) is 5.49 Å². The Kier molecular flexibility index (Phi) is 2.33. The van der Waals surface area contributed by atoms with E-state index in [1.807, 2.05) is 6.07 Å². The molecule has 0 spiro atoms. The third-order valence-corrected chi connectivity index (χ3v) is 2.91. The van der Waals surface area contributed by atoms with Gasteiger partial charge in [-0.05, 0) is 18.1 Å². The summed E-state index contributed by atoms with van der Waals surface area (Å²) in [5.74, 6) is 0. The Morgan fingerprint density at radius 1 is 1.12 bits per heavy atom. The lowest BCUT2D eigenvalue weighted by atomic mass is 10.2. The van der Waals surface area contributed by atoms with E-state index in [9.17, 15) is 0 Å². The lowest BCUT2D eigenvalue weighted by Gasteiger charge is -2.04. The van der Waals surface area contributed by atoms with Crippen molar-refractivity contribution in [3.8, 4) is 0 Å². The van der Waals surface area contributed by atoms with E-state index in [1.165, 1.54) is 10.8 Å². The molecule has 1 aromatic carbocycles. The first kappa shape index (κ1) is 9.40. The Labute approximate surface area is 94.6 Å². The van der Waals surface area contributed by atoms with Crippen molar-refractivity contribution < 1.29 is 0 Å². The summed E-state index contributed by atoms with van der Waals surface area (Å²) >= 11 is 0. The highest BCUT2D eigenvalue weighted by Gasteiger charge is 2.01. The second kappa shape index (κ2) is 3.97. The molecule has 0 saturated heterocycles. The Balaban J connectivity index is 2.01. The van der Waals surface area contributed by atoms with Crippen molar-refractivity contribution in [1.29, 1.82) is 0 Å². The number of benzene rings is 1. The highest BCUT2D eigenvalue weighted by molar-refractivity contribution is 5.24. The molecule has 3 rings (SSSR count). The average molecular weight is 210 g/mol. The van der Waals surface area contributed by atoms with Crippen LogP contribution >= 0.6 is 0 Å². The summed E-state index contributed by atoms with van der Waals surface area (Å²) in [6.07, 6.45) is 5.47. The van der Waals surface area contributed by atoms with Gasteiger partial charge in [-0.25, -0.2) is 0 Å². The minimum absolute atomic E-state index is 0.910. The zero-order valence-electron chi connectivity index (χ0n) is 9.13. The Bertz CT molecular complexity index is 593. The molecule has 0 N–H and O–H groups in total. The van der Waals surface area contributed by atoms with E-state index < -0.39 is 0 Å². The zero-order chi connectivity index (χ0) is 10.8. The second-order valence-electron chi connectivity index (χ2n) is 4.08. The number of fused-ring (bicyclic) bond motifs is 1. The maximum Gasteiger partial charge on any atom is 0.134 e. The van der Waals surface area contributed by atoms with Gasteiger partial charge in [-0.15, -0.1) is 0 Å². The van der Waals surface area contributed by atoms with Gasteiger partial charge in [0.05, 0.1) is 0 Å². The molecule has 2 heteroatoms. The molecule has 80 valence electrons. The fraction of sp³-hybridized carbons (Fsp3) is 0.214. The summed E-state index contributed by atoms with van der Waals surface area (Å²) in [7, 11) is 0. The third kappa shape index (κ3) is 1.67. The zero-order valence-corrected chi connectivity index (χ0v) is 9.13. The average Bonchev–Trinajstić information content (AvgIpc) is 2.74. The van der Waals surface area contributed by atoms with Gasteiger partial charge in [-0.3, -0.25) is 4.99 Å². The van der Waals surface area contributed by atoms with Gasteiger partial charge >= 0.3 is 0 Å². The molecule has 0 atom stereocenters. The summed E-state index contributed by atoms with van der Waals surface area (Å²) in [6, 6.07) is 12.7. The van der Waals surface area contributed by atoms with Gasteiger partial charge in [0, 0.05) is 24.5 Å². The SMILES string of the molecule is C1=c2ccn(Cc3ccccc3)c2=NCC1. The van der Waals surface area contributed by atoms with Crippen molar-refractivity contribution in [2.24, 2.45) is 4.99 Å². The molecule has 0 amide bonds. The van der Waals surface area contributed by atoms with Gasteiger partial charge in [-0.1, -0.05) is 36.4 Å². The minimum atomic E-state index is 0.910. The smallest absolute Gasteiger partial charge is 0.134 e. The molecular weight excluding hydrogens is 196 g/mol. The largest absolute Gasteiger partial charge is 0.328 e. The molecule has 0 saturated carbocycles. The van der Waals surface area contributed by atoms with Crippen LogP contribution in [0.1, 0.15) is 12.0 Å². The molecule has 0 unspecified atom stereocenters. The van der Waals surface area contributed by atoms with E-state index in [2.05, 4.69) is 52.2 Å². The van der Waals surface area contributed by atoms with Crippen molar-refractivity contribution in [3.05, 3.63) is 58.9 Å². The van der Waals surface area contributed by atoms with Gasteiger partial charge in [0.2, 0.25) is 0 Å². The summed E-state index contributed by atoms with van der Waals surface area (Å²) in [4.78, 5) is 4.58. The predicted molar refractivity (Wildman–Crippen MR) is 64.7 cm³/mol.